The van der Waals surface area contributed by atoms with Crippen LogP contribution in [-0.2, 0) is 9.53 Å². The number of halogens is 3. The number of amides is 2. The van der Waals surface area contributed by atoms with Gasteiger partial charge in [0.2, 0.25) is 6.04 Å². The molecule has 3 N–H and O–H groups in total. The summed E-state index contributed by atoms with van der Waals surface area (Å²) in [7, 11) is 0. The Hall–Kier alpha value is -4.41. The average molecular weight is 485 g/mol. The van der Waals surface area contributed by atoms with E-state index < -0.39 is 35.9 Å². The summed E-state index contributed by atoms with van der Waals surface area (Å²) < 4.78 is 43.6. The van der Waals surface area contributed by atoms with Gasteiger partial charge < -0.3 is 15.2 Å². The van der Waals surface area contributed by atoms with E-state index in [0.717, 1.165) is 34.5 Å². The van der Waals surface area contributed by atoms with Gasteiger partial charge in [-0.05, 0) is 34.4 Å². The van der Waals surface area contributed by atoms with Gasteiger partial charge in [0.1, 0.15) is 12.3 Å². The molecule has 0 saturated carbocycles. The maximum Gasteiger partial charge on any atom is 0.419 e. The van der Waals surface area contributed by atoms with E-state index in [1.807, 2.05) is 48.5 Å². The first kappa shape index (κ1) is 23.7. The molecule has 2 amide bonds. The molecule has 1 heterocycles. The van der Waals surface area contributed by atoms with Crippen LogP contribution in [0.3, 0.4) is 0 Å². The number of aromatic nitrogens is 1. The number of hydrogen-bond donors (Lipinski definition) is 3. The molecule has 1 atom stereocenters. The van der Waals surface area contributed by atoms with Crippen LogP contribution >= 0.6 is 0 Å². The zero-order valence-electron chi connectivity index (χ0n) is 17.9. The number of carbonyl (C=O) groups excluding carboxylic acids is 2. The smallest absolute Gasteiger partial charge is 0.419 e. The number of carbonyl (C=O) groups is 3. The van der Waals surface area contributed by atoms with Gasteiger partial charge >= 0.3 is 18.2 Å². The Morgan fingerprint density at radius 1 is 0.971 bits per heavy atom. The number of pyridine rings is 1. The number of nitrogens with one attached hydrogen (secondary N) is 2. The number of rotatable bonds is 6. The molecule has 2 aromatic carbocycles. The number of carboxylic acids is 1. The SMILES string of the molecule is O=C(Nc1ccc(C(=O)NC(C(=O)O)C(F)(F)F)nc1)OCC1c2ccccc2-c2ccccc21. The summed E-state index contributed by atoms with van der Waals surface area (Å²) in [5.74, 6) is -3.73. The number of hydrogen-bond acceptors (Lipinski definition) is 5. The molecular formula is C24H18F3N3O5. The van der Waals surface area contributed by atoms with Crippen molar-refractivity contribution in [2.75, 3.05) is 11.9 Å². The molecular weight excluding hydrogens is 467 g/mol. The van der Waals surface area contributed by atoms with Crippen LogP contribution in [0.5, 0.6) is 0 Å². The van der Waals surface area contributed by atoms with Gasteiger partial charge in [-0.3, -0.25) is 10.1 Å². The lowest BCUT2D eigenvalue weighted by molar-refractivity contribution is -0.178. The minimum atomic E-state index is -5.17. The average Bonchev–Trinajstić information content (AvgIpc) is 3.14. The Balaban J connectivity index is 1.37. The maximum absolute atomic E-state index is 12.7. The molecule has 0 spiro atoms. The quantitative estimate of drug-likeness (QED) is 0.482. The number of alkyl halides is 3. The fourth-order valence-electron chi connectivity index (χ4n) is 3.84. The van der Waals surface area contributed by atoms with E-state index in [0.29, 0.717) is 0 Å². The first-order valence-electron chi connectivity index (χ1n) is 10.3. The predicted octanol–water partition coefficient (Wildman–Crippen LogP) is 4.19. The minimum absolute atomic E-state index is 0.0712. The zero-order chi connectivity index (χ0) is 25.2. The lowest BCUT2D eigenvalue weighted by Gasteiger charge is -2.17. The van der Waals surface area contributed by atoms with Gasteiger partial charge in [-0.15, -0.1) is 0 Å². The molecule has 0 aliphatic heterocycles. The lowest BCUT2D eigenvalue weighted by atomic mass is 9.98. The van der Waals surface area contributed by atoms with Crippen LogP contribution in [0.4, 0.5) is 23.7 Å². The summed E-state index contributed by atoms with van der Waals surface area (Å²) in [4.78, 5) is 38.7. The first-order chi connectivity index (χ1) is 16.6. The fourth-order valence-corrected chi connectivity index (χ4v) is 3.84. The molecule has 0 bridgehead atoms. The second-order valence-corrected chi connectivity index (χ2v) is 7.67. The van der Waals surface area contributed by atoms with Gasteiger partial charge in [-0.25, -0.2) is 14.6 Å². The Morgan fingerprint density at radius 2 is 1.57 bits per heavy atom. The summed E-state index contributed by atoms with van der Waals surface area (Å²) >= 11 is 0. The first-order valence-corrected chi connectivity index (χ1v) is 10.3. The second kappa shape index (κ2) is 9.45. The monoisotopic (exact) mass is 485 g/mol. The Kier molecular flexibility index (Phi) is 6.41. The summed E-state index contributed by atoms with van der Waals surface area (Å²) in [6.45, 7) is 0.0712. The molecule has 1 aromatic heterocycles. The largest absolute Gasteiger partial charge is 0.479 e. The number of aliphatic carboxylic acids is 1. The number of ether oxygens (including phenoxy) is 1. The van der Waals surface area contributed by atoms with Gasteiger partial charge in [0.05, 0.1) is 11.9 Å². The molecule has 180 valence electrons. The van der Waals surface area contributed by atoms with Gasteiger partial charge in [-0.2, -0.15) is 13.2 Å². The van der Waals surface area contributed by atoms with Crippen LogP contribution in [-0.4, -0.2) is 46.9 Å². The van der Waals surface area contributed by atoms with Gasteiger partial charge in [0.15, 0.2) is 0 Å². The second-order valence-electron chi connectivity index (χ2n) is 7.67. The highest BCUT2D eigenvalue weighted by Gasteiger charge is 2.46. The van der Waals surface area contributed by atoms with Crippen molar-refractivity contribution in [1.29, 1.82) is 0 Å². The van der Waals surface area contributed by atoms with E-state index in [1.54, 1.807) is 0 Å². The Morgan fingerprint density at radius 3 is 2.09 bits per heavy atom. The van der Waals surface area contributed by atoms with Crippen molar-refractivity contribution in [2.24, 2.45) is 0 Å². The van der Waals surface area contributed by atoms with E-state index in [-0.39, 0.29) is 18.2 Å². The molecule has 1 aliphatic carbocycles. The molecule has 0 fully saturated rings. The number of fused-ring (bicyclic) bond motifs is 3. The Bertz CT molecular complexity index is 1230. The van der Waals surface area contributed by atoms with Gasteiger partial charge in [0, 0.05) is 5.92 Å². The topological polar surface area (TPSA) is 118 Å². The standard InChI is InChI=1S/C24H18F3N3O5/c25-24(26,27)20(22(32)33)30-21(31)19-10-9-13(11-28-19)29-23(34)35-12-18-16-7-3-1-5-14(16)15-6-2-4-8-17(15)18/h1-11,18,20H,12H2,(H,29,34)(H,30,31)(H,32,33). The fraction of sp³-hybridized carbons (Fsp3) is 0.167. The van der Waals surface area contributed by atoms with E-state index in [2.05, 4.69) is 10.3 Å². The number of benzene rings is 2. The van der Waals surface area contributed by atoms with E-state index in [9.17, 15) is 27.6 Å². The van der Waals surface area contributed by atoms with Crippen molar-refractivity contribution < 1.29 is 37.4 Å². The van der Waals surface area contributed by atoms with Crippen molar-refractivity contribution in [3.05, 3.63) is 83.7 Å². The number of anilines is 1. The highest BCUT2D eigenvalue weighted by atomic mass is 19.4. The van der Waals surface area contributed by atoms with Crippen molar-refractivity contribution in [3.63, 3.8) is 0 Å². The molecule has 1 unspecified atom stereocenters. The van der Waals surface area contributed by atoms with Crippen LogP contribution in [0.1, 0.15) is 27.5 Å². The third-order valence-electron chi connectivity index (χ3n) is 5.44. The van der Waals surface area contributed by atoms with Crippen LogP contribution in [0.2, 0.25) is 0 Å². The molecule has 3 aromatic rings. The van der Waals surface area contributed by atoms with Crippen LogP contribution in [0.15, 0.2) is 66.9 Å². The van der Waals surface area contributed by atoms with E-state index >= 15 is 0 Å². The molecule has 4 rings (SSSR count). The molecule has 35 heavy (non-hydrogen) atoms. The molecule has 8 nitrogen and oxygen atoms in total. The van der Waals surface area contributed by atoms with Crippen molar-refractivity contribution >= 4 is 23.7 Å². The third kappa shape index (κ3) is 5.08. The molecule has 11 heteroatoms. The highest BCUT2D eigenvalue weighted by molar-refractivity contribution is 5.95. The molecule has 0 radical (unpaired) electrons. The normalized spacial score (nSPS) is 13.3. The number of nitrogens with zero attached hydrogens (tertiary/aromatic N) is 1. The lowest BCUT2D eigenvalue weighted by Crippen LogP contribution is -2.50. The van der Waals surface area contributed by atoms with E-state index in [1.165, 1.54) is 11.4 Å². The maximum atomic E-state index is 12.7. The third-order valence-corrected chi connectivity index (χ3v) is 5.44. The number of carboxylic acid groups (broad SMARTS) is 1. The predicted molar refractivity (Wildman–Crippen MR) is 118 cm³/mol. The molecule has 0 saturated heterocycles. The Labute approximate surface area is 196 Å². The van der Waals surface area contributed by atoms with Crippen LogP contribution in [0.25, 0.3) is 11.1 Å². The van der Waals surface area contributed by atoms with Crippen LogP contribution in [0, 0.1) is 0 Å². The van der Waals surface area contributed by atoms with Crippen molar-refractivity contribution in [3.8, 4) is 11.1 Å². The minimum Gasteiger partial charge on any atom is -0.479 e. The summed E-state index contributed by atoms with van der Waals surface area (Å²) in [6.07, 6.45) is -4.92. The van der Waals surface area contributed by atoms with Gasteiger partial charge in [-0.1, -0.05) is 48.5 Å². The van der Waals surface area contributed by atoms with Crippen LogP contribution < -0.4 is 10.6 Å². The summed E-state index contributed by atoms with van der Waals surface area (Å²) in [5.41, 5.74) is 3.90. The van der Waals surface area contributed by atoms with E-state index in [4.69, 9.17) is 9.84 Å². The van der Waals surface area contributed by atoms with Crippen molar-refractivity contribution in [2.45, 2.75) is 18.1 Å². The zero-order valence-corrected chi connectivity index (χ0v) is 17.9. The highest BCUT2D eigenvalue weighted by Crippen LogP contribution is 2.44. The van der Waals surface area contributed by atoms with Crippen molar-refractivity contribution in [1.82, 2.24) is 10.3 Å². The summed E-state index contributed by atoms with van der Waals surface area (Å²) in [6, 6.07) is 14.9. The summed E-state index contributed by atoms with van der Waals surface area (Å²) in [5, 5.41) is 12.5. The van der Waals surface area contributed by atoms with Gasteiger partial charge in [0.25, 0.3) is 5.91 Å². The molecule has 1 aliphatic rings.